The third-order valence-corrected chi connectivity index (χ3v) is 7.72. The van der Waals surface area contributed by atoms with Gasteiger partial charge in [0.25, 0.3) is 5.91 Å². The number of likely N-dealkylation sites (tertiary alicyclic amines) is 1. The van der Waals surface area contributed by atoms with E-state index in [1.54, 1.807) is 81.4 Å². The fourth-order valence-corrected chi connectivity index (χ4v) is 5.36. The monoisotopic (exact) mass is 685 g/mol. The minimum absolute atomic E-state index is 0.0150. The number of alkyl carbamates (subject to hydrolysis) is 1. The predicted octanol–water partition coefficient (Wildman–Crippen LogP) is 1.90. The van der Waals surface area contributed by atoms with Gasteiger partial charge in [0.05, 0.1) is 25.2 Å². The zero-order chi connectivity index (χ0) is 36.0. The van der Waals surface area contributed by atoms with Gasteiger partial charge in [-0.1, -0.05) is 60.7 Å². The molecule has 0 spiro atoms. The number of carbonyl (C=O) groups excluding carboxylic acids is 5. The van der Waals surface area contributed by atoms with Gasteiger partial charge in [-0.05, 0) is 51.2 Å². The van der Waals surface area contributed by atoms with Gasteiger partial charge in [-0.3, -0.25) is 23.6 Å². The zero-order valence-corrected chi connectivity index (χ0v) is 28.2. The van der Waals surface area contributed by atoms with Gasteiger partial charge in [0.15, 0.2) is 6.10 Å². The van der Waals surface area contributed by atoms with E-state index in [1.807, 2.05) is 0 Å². The molecular formula is C35H48FN5O8. The van der Waals surface area contributed by atoms with Crippen molar-refractivity contribution in [3.05, 3.63) is 71.8 Å². The van der Waals surface area contributed by atoms with E-state index in [2.05, 4.69) is 16.0 Å². The molecule has 1 saturated heterocycles. The van der Waals surface area contributed by atoms with Crippen LogP contribution in [0, 0.1) is 0 Å². The summed E-state index contributed by atoms with van der Waals surface area (Å²) < 4.78 is 23.7. The molecule has 1 aliphatic heterocycles. The maximum atomic E-state index is 14.0. The highest BCUT2D eigenvalue weighted by atomic mass is 19.1. The van der Waals surface area contributed by atoms with Crippen LogP contribution in [0.5, 0.6) is 0 Å². The number of aliphatic hydroxyl groups excluding tert-OH is 1. The number of carbonyl (C=O) groups is 5. The Balaban J connectivity index is 1.81. The molecule has 6 N–H and O–H groups in total. The molecule has 5 amide bonds. The van der Waals surface area contributed by atoms with Crippen LogP contribution < -0.4 is 21.7 Å². The highest BCUT2D eigenvalue weighted by Gasteiger charge is 2.44. The average Bonchev–Trinajstić information content (AvgIpc) is 3.49. The Kier molecular flexibility index (Phi) is 15.0. The first-order chi connectivity index (χ1) is 23.3. The summed E-state index contributed by atoms with van der Waals surface area (Å²) in [5, 5.41) is 19.4. The molecule has 5 atom stereocenters. The maximum Gasteiger partial charge on any atom is 0.408 e. The lowest BCUT2D eigenvalue weighted by Gasteiger charge is -2.32. The Hall–Kier alpha value is -4.56. The lowest BCUT2D eigenvalue weighted by Crippen LogP contribution is -2.59. The van der Waals surface area contributed by atoms with E-state index in [0.29, 0.717) is 24.0 Å². The lowest BCUT2D eigenvalue weighted by atomic mass is 9.99. The van der Waals surface area contributed by atoms with Crippen molar-refractivity contribution in [3.63, 3.8) is 0 Å². The molecule has 0 aliphatic carbocycles. The van der Waals surface area contributed by atoms with Gasteiger partial charge in [0, 0.05) is 25.1 Å². The summed E-state index contributed by atoms with van der Waals surface area (Å²) in [5.41, 5.74) is 6.13. The van der Waals surface area contributed by atoms with Crippen molar-refractivity contribution >= 4 is 29.7 Å². The van der Waals surface area contributed by atoms with Crippen molar-refractivity contribution < 1.29 is 42.9 Å². The minimum atomic E-state index is -1.85. The fraction of sp³-hybridized carbons (Fsp3) is 0.514. The normalized spacial score (nSPS) is 17.8. The molecule has 268 valence electrons. The first kappa shape index (κ1) is 38.9. The van der Waals surface area contributed by atoms with Crippen molar-refractivity contribution in [2.24, 2.45) is 5.73 Å². The van der Waals surface area contributed by atoms with Crippen molar-refractivity contribution in [3.8, 4) is 0 Å². The number of rotatable bonds is 17. The second-order valence-electron chi connectivity index (χ2n) is 13.0. The average molecular weight is 686 g/mol. The van der Waals surface area contributed by atoms with Gasteiger partial charge in [-0.25, -0.2) is 4.79 Å². The van der Waals surface area contributed by atoms with Gasteiger partial charge in [-0.15, -0.1) is 0 Å². The molecule has 49 heavy (non-hydrogen) atoms. The number of hydrogen-bond acceptors (Lipinski definition) is 8. The van der Waals surface area contributed by atoms with Crippen molar-refractivity contribution in [1.29, 1.82) is 0 Å². The number of unbranched alkanes of at least 4 members (excludes halogenated alkanes) is 1. The number of amides is 5. The van der Waals surface area contributed by atoms with Gasteiger partial charge in [-0.2, -0.15) is 0 Å². The number of halogens is 1. The first-order valence-electron chi connectivity index (χ1n) is 16.3. The van der Waals surface area contributed by atoms with Gasteiger partial charge in [0.2, 0.25) is 17.7 Å². The largest absolute Gasteiger partial charge is 0.445 e. The molecular weight excluding hydrogens is 637 g/mol. The highest BCUT2D eigenvalue weighted by molar-refractivity contribution is 5.93. The van der Waals surface area contributed by atoms with Crippen LogP contribution >= 0.6 is 0 Å². The van der Waals surface area contributed by atoms with Crippen LogP contribution in [-0.2, 0) is 41.7 Å². The number of nitrogens with one attached hydrogen (secondary N) is 3. The highest BCUT2D eigenvalue weighted by Crippen LogP contribution is 2.24. The molecule has 0 bridgehead atoms. The van der Waals surface area contributed by atoms with Gasteiger partial charge >= 0.3 is 6.09 Å². The second kappa shape index (κ2) is 18.8. The Labute approximate surface area is 286 Å². The number of ether oxygens (including phenoxy) is 2. The second-order valence-corrected chi connectivity index (χ2v) is 13.0. The molecule has 1 unspecified atom stereocenters. The molecule has 2 aromatic rings. The van der Waals surface area contributed by atoms with Crippen LogP contribution in [0.1, 0.15) is 57.6 Å². The quantitative estimate of drug-likeness (QED) is 0.156. The van der Waals surface area contributed by atoms with E-state index in [-0.39, 0.29) is 32.6 Å². The summed E-state index contributed by atoms with van der Waals surface area (Å²) >= 11 is 0. The Morgan fingerprint density at radius 2 is 1.61 bits per heavy atom. The molecule has 14 heteroatoms. The first-order valence-corrected chi connectivity index (χ1v) is 16.3. The number of benzene rings is 2. The lowest BCUT2D eigenvalue weighted by molar-refractivity contribution is -0.147. The number of nitrogens with two attached hydrogens (primary N) is 1. The number of hydrogen-bond donors (Lipinski definition) is 5. The maximum absolute atomic E-state index is 14.0. The SMILES string of the molecule is CC(C)(C)NC(=O)[C@@H]1CC(OCCCCF)CN1C(=O)[C@@H](O)[C@H](Cc1ccccc1)NC(=O)[C@H](CC(N)=O)NC(=O)OCc1ccccc1. The molecule has 0 radical (unpaired) electrons. The van der Waals surface area contributed by atoms with E-state index in [9.17, 15) is 33.5 Å². The van der Waals surface area contributed by atoms with E-state index in [1.165, 1.54) is 4.90 Å². The summed E-state index contributed by atoms with van der Waals surface area (Å²) in [4.78, 5) is 66.6. The van der Waals surface area contributed by atoms with Crippen molar-refractivity contribution in [2.75, 3.05) is 19.8 Å². The summed E-state index contributed by atoms with van der Waals surface area (Å²) in [7, 11) is 0. The van der Waals surface area contributed by atoms with Crippen LogP contribution in [0.3, 0.4) is 0 Å². The summed E-state index contributed by atoms with van der Waals surface area (Å²) in [6.45, 7) is 5.03. The summed E-state index contributed by atoms with van der Waals surface area (Å²) in [5.74, 6) is -3.04. The van der Waals surface area contributed by atoms with Crippen LogP contribution in [0.2, 0.25) is 0 Å². The predicted molar refractivity (Wildman–Crippen MR) is 178 cm³/mol. The molecule has 13 nitrogen and oxygen atoms in total. The molecule has 0 aromatic heterocycles. The van der Waals surface area contributed by atoms with E-state index in [0.717, 1.165) is 0 Å². The molecule has 3 rings (SSSR count). The number of nitrogens with zero attached hydrogens (tertiary/aromatic N) is 1. The third kappa shape index (κ3) is 13.1. The van der Waals surface area contributed by atoms with Crippen LogP contribution in [0.25, 0.3) is 0 Å². The zero-order valence-electron chi connectivity index (χ0n) is 28.2. The fourth-order valence-electron chi connectivity index (χ4n) is 5.36. The van der Waals surface area contributed by atoms with E-state index < -0.39 is 78.7 Å². The summed E-state index contributed by atoms with van der Waals surface area (Å²) in [6.07, 6.45) is -3.04. The van der Waals surface area contributed by atoms with Gasteiger partial charge < -0.3 is 41.2 Å². The Morgan fingerprint density at radius 1 is 0.980 bits per heavy atom. The van der Waals surface area contributed by atoms with Crippen LogP contribution in [0.15, 0.2) is 60.7 Å². The van der Waals surface area contributed by atoms with E-state index >= 15 is 0 Å². The minimum Gasteiger partial charge on any atom is -0.445 e. The van der Waals surface area contributed by atoms with Crippen LogP contribution in [0.4, 0.5) is 9.18 Å². The van der Waals surface area contributed by atoms with Crippen LogP contribution in [-0.4, -0.2) is 95.4 Å². The topological polar surface area (TPSA) is 189 Å². The molecule has 1 fully saturated rings. The third-order valence-electron chi connectivity index (χ3n) is 7.72. The van der Waals surface area contributed by atoms with Gasteiger partial charge in [0.1, 0.15) is 18.7 Å². The molecule has 0 saturated carbocycles. The van der Waals surface area contributed by atoms with E-state index in [4.69, 9.17) is 15.2 Å². The number of primary amides is 1. The smallest absolute Gasteiger partial charge is 0.408 e. The number of aliphatic hydroxyl groups is 1. The van der Waals surface area contributed by atoms with Crippen molar-refractivity contribution in [1.82, 2.24) is 20.9 Å². The summed E-state index contributed by atoms with van der Waals surface area (Å²) in [6, 6.07) is 13.9. The molecule has 1 aliphatic rings. The molecule has 1 heterocycles. The standard InChI is InChI=1S/C35H48FN5O8/c1-35(2,3)40-32(45)28-19-25(48-17-11-10-16-36)21-41(28)33(46)30(43)26(18-23-12-6-4-7-13-23)38-31(44)27(20-29(37)42)39-34(47)49-22-24-14-8-5-9-15-24/h4-9,12-15,25-28,30,43H,10-11,16-22H2,1-3H3,(H2,37,42)(H,38,44)(H,39,47)(H,40,45)/t25?,26-,27-,28-,30-/m0/s1. The Bertz CT molecular complexity index is 1390. The van der Waals surface area contributed by atoms with Crippen molar-refractivity contribution in [2.45, 2.75) is 95.4 Å². The molecule has 2 aromatic carbocycles. The Morgan fingerprint density at radius 3 is 2.20 bits per heavy atom. The number of alkyl halides is 1.